The first-order valence-electron chi connectivity index (χ1n) is 4.35. The van der Waals surface area contributed by atoms with Crippen molar-refractivity contribution in [3.8, 4) is 12.0 Å². The summed E-state index contributed by atoms with van der Waals surface area (Å²) >= 11 is 0. The summed E-state index contributed by atoms with van der Waals surface area (Å²) in [6, 6.07) is 10.6. The lowest BCUT2D eigenvalue weighted by atomic mass is 10.2. The molecule has 0 bridgehead atoms. The van der Waals surface area contributed by atoms with E-state index < -0.39 is 0 Å². The topological polar surface area (TPSA) is 22.0 Å². The molecule has 68 valence electrons. The van der Waals surface area contributed by atoms with Crippen molar-refractivity contribution in [2.24, 2.45) is 0 Å². The molecule has 1 aromatic carbocycles. The predicted octanol–water partition coefficient (Wildman–Crippen LogP) is 2.28. The van der Waals surface area contributed by atoms with Gasteiger partial charge >= 0.3 is 0 Å². The Labute approximate surface area is 82.2 Å². The molecule has 0 radical (unpaired) electrons. The number of para-hydroxylation sites is 1. The number of aldehydes is 1. The molecule has 1 aromatic heterocycles. The summed E-state index contributed by atoms with van der Waals surface area (Å²) in [7, 11) is 0. The van der Waals surface area contributed by atoms with Crippen molar-refractivity contribution in [1.82, 2.24) is 4.57 Å². The van der Waals surface area contributed by atoms with E-state index in [-0.39, 0.29) is 0 Å². The van der Waals surface area contributed by atoms with Gasteiger partial charge in [-0.1, -0.05) is 24.1 Å². The molecule has 0 atom stereocenters. The molecule has 0 saturated heterocycles. The molecule has 2 nitrogen and oxygen atoms in total. The van der Waals surface area contributed by atoms with Crippen molar-refractivity contribution in [2.45, 2.75) is 6.92 Å². The Morgan fingerprint density at radius 1 is 1.36 bits per heavy atom. The van der Waals surface area contributed by atoms with Crippen LogP contribution in [0.15, 0.2) is 30.5 Å². The van der Waals surface area contributed by atoms with Crippen LogP contribution >= 0.6 is 0 Å². The first-order valence-corrected chi connectivity index (χ1v) is 4.35. The standard InChI is InChI=1S/C12H9NO/c1-2-7-13-8-10(9-14)11-5-3-4-6-12(11)13/h3-6,8-9H,1H3. The van der Waals surface area contributed by atoms with Gasteiger partial charge in [-0.15, -0.1) is 0 Å². The van der Waals surface area contributed by atoms with Gasteiger partial charge in [-0.05, 0) is 13.0 Å². The Bertz CT molecular complexity index is 540. The van der Waals surface area contributed by atoms with Crippen molar-refractivity contribution >= 4 is 17.2 Å². The molecule has 0 amide bonds. The van der Waals surface area contributed by atoms with Gasteiger partial charge in [0.25, 0.3) is 0 Å². The van der Waals surface area contributed by atoms with E-state index in [9.17, 15) is 4.79 Å². The van der Waals surface area contributed by atoms with Crippen LogP contribution in [0.4, 0.5) is 0 Å². The van der Waals surface area contributed by atoms with Crippen molar-refractivity contribution in [3.05, 3.63) is 36.0 Å². The number of nitrogens with zero attached hydrogens (tertiary/aromatic N) is 1. The monoisotopic (exact) mass is 183 g/mol. The maximum absolute atomic E-state index is 10.8. The van der Waals surface area contributed by atoms with Crippen molar-refractivity contribution in [2.75, 3.05) is 0 Å². The number of fused-ring (bicyclic) bond motifs is 1. The van der Waals surface area contributed by atoms with Gasteiger partial charge in [-0.3, -0.25) is 9.36 Å². The Morgan fingerprint density at radius 3 is 2.86 bits per heavy atom. The Balaban J connectivity index is 2.83. The number of benzene rings is 1. The second-order valence-electron chi connectivity index (χ2n) is 2.95. The number of carbonyl (C=O) groups excluding carboxylic acids is 1. The van der Waals surface area contributed by atoms with Crippen LogP contribution in [0.1, 0.15) is 17.3 Å². The normalized spacial score (nSPS) is 9.50. The van der Waals surface area contributed by atoms with Crippen molar-refractivity contribution in [3.63, 3.8) is 0 Å². The highest BCUT2D eigenvalue weighted by molar-refractivity contribution is 5.98. The molecule has 2 aromatic rings. The highest BCUT2D eigenvalue weighted by Crippen LogP contribution is 2.18. The molecule has 0 fully saturated rings. The van der Waals surface area contributed by atoms with Crippen LogP contribution < -0.4 is 0 Å². The minimum atomic E-state index is 0.684. The van der Waals surface area contributed by atoms with Gasteiger partial charge in [-0.25, -0.2) is 0 Å². The highest BCUT2D eigenvalue weighted by atomic mass is 16.1. The summed E-state index contributed by atoms with van der Waals surface area (Å²) in [4.78, 5) is 10.8. The number of hydrogen-bond donors (Lipinski definition) is 0. The predicted molar refractivity (Wildman–Crippen MR) is 56.2 cm³/mol. The molecule has 14 heavy (non-hydrogen) atoms. The third-order valence-electron chi connectivity index (χ3n) is 2.10. The molecule has 0 saturated carbocycles. The molecule has 1 heterocycles. The lowest BCUT2D eigenvalue weighted by Gasteiger charge is -1.92. The Kier molecular flexibility index (Phi) is 2.08. The lowest BCUT2D eigenvalue weighted by molar-refractivity contribution is 0.112. The third-order valence-corrected chi connectivity index (χ3v) is 2.10. The largest absolute Gasteiger partial charge is 0.298 e. The number of rotatable bonds is 1. The zero-order valence-electron chi connectivity index (χ0n) is 7.82. The van der Waals surface area contributed by atoms with Crippen LogP contribution in [-0.2, 0) is 0 Å². The van der Waals surface area contributed by atoms with Crippen molar-refractivity contribution < 1.29 is 4.79 Å². The molecule has 0 unspecified atom stereocenters. The summed E-state index contributed by atoms with van der Waals surface area (Å²) < 4.78 is 1.78. The molecular weight excluding hydrogens is 174 g/mol. The van der Waals surface area contributed by atoms with Crippen LogP contribution in [0.2, 0.25) is 0 Å². The van der Waals surface area contributed by atoms with E-state index >= 15 is 0 Å². The van der Waals surface area contributed by atoms with Crippen LogP contribution in [0.5, 0.6) is 0 Å². The van der Waals surface area contributed by atoms with Crippen LogP contribution in [-0.4, -0.2) is 10.9 Å². The quantitative estimate of drug-likeness (QED) is 0.491. The maximum Gasteiger partial charge on any atom is 0.152 e. The highest BCUT2D eigenvalue weighted by Gasteiger charge is 2.04. The number of carbonyl (C=O) groups is 1. The van der Waals surface area contributed by atoms with E-state index in [0.717, 1.165) is 17.2 Å². The summed E-state index contributed by atoms with van der Waals surface area (Å²) in [5, 5.41) is 0.949. The molecular formula is C12H9NO. The van der Waals surface area contributed by atoms with Gasteiger partial charge in [-0.2, -0.15) is 0 Å². The van der Waals surface area contributed by atoms with E-state index in [1.54, 1.807) is 17.7 Å². The SMILES string of the molecule is CC#Cn1cc(C=O)c2ccccc21. The fourth-order valence-electron chi connectivity index (χ4n) is 1.51. The van der Waals surface area contributed by atoms with E-state index in [0.29, 0.717) is 5.56 Å². The molecule has 0 aliphatic rings. The van der Waals surface area contributed by atoms with Gasteiger partial charge < -0.3 is 0 Å². The van der Waals surface area contributed by atoms with Gasteiger partial charge in [0.1, 0.15) is 0 Å². The number of aromatic nitrogens is 1. The maximum atomic E-state index is 10.8. The molecule has 2 rings (SSSR count). The van der Waals surface area contributed by atoms with Gasteiger partial charge in [0.05, 0.1) is 5.52 Å². The van der Waals surface area contributed by atoms with Gasteiger partial charge in [0.2, 0.25) is 0 Å². The fourth-order valence-corrected chi connectivity index (χ4v) is 1.51. The summed E-state index contributed by atoms with van der Waals surface area (Å²) in [5.74, 6) is 2.81. The average molecular weight is 183 g/mol. The molecule has 0 aliphatic heterocycles. The molecule has 0 aliphatic carbocycles. The van der Waals surface area contributed by atoms with Gasteiger partial charge in [0.15, 0.2) is 6.29 Å². The van der Waals surface area contributed by atoms with Crippen LogP contribution in [0, 0.1) is 12.0 Å². The molecule has 0 spiro atoms. The van der Waals surface area contributed by atoms with Crippen molar-refractivity contribution in [1.29, 1.82) is 0 Å². The summed E-state index contributed by atoms with van der Waals surface area (Å²) in [5.41, 5.74) is 1.66. The second kappa shape index (κ2) is 3.39. The Morgan fingerprint density at radius 2 is 2.14 bits per heavy atom. The molecule has 0 N–H and O–H groups in total. The van der Waals surface area contributed by atoms with Crippen LogP contribution in [0.3, 0.4) is 0 Å². The van der Waals surface area contributed by atoms with E-state index in [2.05, 4.69) is 12.0 Å². The van der Waals surface area contributed by atoms with E-state index in [1.165, 1.54) is 0 Å². The van der Waals surface area contributed by atoms with E-state index in [1.807, 2.05) is 24.3 Å². The summed E-state index contributed by atoms with van der Waals surface area (Å²) in [6.45, 7) is 1.77. The van der Waals surface area contributed by atoms with E-state index in [4.69, 9.17) is 0 Å². The number of hydrogen-bond acceptors (Lipinski definition) is 1. The molecule has 2 heteroatoms. The smallest absolute Gasteiger partial charge is 0.152 e. The zero-order valence-corrected chi connectivity index (χ0v) is 7.82. The minimum absolute atomic E-state index is 0.684. The minimum Gasteiger partial charge on any atom is -0.298 e. The zero-order chi connectivity index (χ0) is 9.97. The first-order chi connectivity index (χ1) is 6.86. The Hall–Kier alpha value is -2.01. The van der Waals surface area contributed by atoms with Crippen LogP contribution in [0.25, 0.3) is 10.9 Å². The average Bonchev–Trinajstić information content (AvgIpc) is 2.58. The third kappa shape index (κ3) is 1.20. The first kappa shape index (κ1) is 8.58. The van der Waals surface area contributed by atoms with Gasteiger partial charge in [0, 0.05) is 23.2 Å². The second-order valence-corrected chi connectivity index (χ2v) is 2.95. The summed E-state index contributed by atoms with van der Waals surface area (Å²) in [6.07, 6.45) is 2.62. The lowest BCUT2D eigenvalue weighted by Crippen LogP contribution is -1.83. The fraction of sp³-hybridized carbons (Fsp3) is 0.0833.